The molecule has 1 saturated carbocycles. The van der Waals surface area contributed by atoms with Gasteiger partial charge in [0.2, 0.25) is 0 Å². The van der Waals surface area contributed by atoms with Crippen molar-refractivity contribution in [3.05, 3.63) is 65.7 Å². The highest BCUT2D eigenvalue weighted by molar-refractivity contribution is 5.24. The first kappa shape index (κ1) is 16.5. The van der Waals surface area contributed by atoms with Crippen LogP contribution in [-0.4, -0.2) is 24.6 Å². The molecule has 2 atom stereocenters. The van der Waals surface area contributed by atoms with Crippen LogP contribution in [0.5, 0.6) is 5.75 Å². The molecular weight excluding hydrogens is 320 g/mol. The van der Waals surface area contributed by atoms with Gasteiger partial charge in [0, 0.05) is 31.1 Å². The number of hydrogen-bond donors (Lipinski definition) is 0. The van der Waals surface area contributed by atoms with Crippen LogP contribution in [0.25, 0.3) is 0 Å². The van der Waals surface area contributed by atoms with Crippen molar-refractivity contribution in [2.45, 2.75) is 25.8 Å². The number of benzene rings is 2. The average molecular weight is 343 g/mol. The summed E-state index contributed by atoms with van der Waals surface area (Å²) in [6, 6.07) is 14.3. The van der Waals surface area contributed by atoms with E-state index in [1.165, 1.54) is 24.5 Å². The van der Waals surface area contributed by atoms with Crippen molar-refractivity contribution in [3.63, 3.8) is 0 Å². The Morgan fingerprint density at radius 1 is 1.08 bits per heavy atom. The third-order valence-corrected chi connectivity index (χ3v) is 5.78. The van der Waals surface area contributed by atoms with Crippen molar-refractivity contribution >= 4 is 0 Å². The Morgan fingerprint density at radius 2 is 1.92 bits per heavy atom. The van der Waals surface area contributed by atoms with Crippen LogP contribution in [0, 0.1) is 23.0 Å². The Morgan fingerprint density at radius 3 is 2.72 bits per heavy atom. The predicted octanol–water partition coefficient (Wildman–Crippen LogP) is 4.65. The summed E-state index contributed by atoms with van der Waals surface area (Å²) in [7, 11) is 0. The third kappa shape index (κ3) is 3.40. The molecule has 2 aromatic rings. The van der Waals surface area contributed by atoms with E-state index in [0.29, 0.717) is 18.3 Å². The lowest BCUT2D eigenvalue weighted by Gasteiger charge is -2.29. The fraction of sp³-hybridized carbons (Fsp3) is 0.429. The van der Waals surface area contributed by atoms with Gasteiger partial charge in [-0.1, -0.05) is 36.8 Å². The van der Waals surface area contributed by atoms with Crippen molar-refractivity contribution < 1.29 is 13.5 Å². The zero-order valence-corrected chi connectivity index (χ0v) is 14.3. The normalized spacial score (nSPS) is 25.9. The van der Waals surface area contributed by atoms with Crippen LogP contribution in [0.1, 0.15) is 24.8 Å². The van der Waals surface area contributed by atoms with Gasteiger partial charge < -0.3 is 4.74 Å². The van der Waals surface area contributed by atoms with Crippen LogP contribution < -0.4 is 4.74 Å². The molecule has 2 aliphatic rings. The van der Waals surface area contributed by atoms with Crippen LogP contribution >= 0.6 is 0 Å². The molecule has 0 bridgehead atoms. The summed E-state index contributed by atoms with van der Waals surface area (Å²) in [6.07, 6.45) is 3.60. The van der Waals surface area contributed by atoms with E-state index in [9.17, 15) is 8.78 Å². The highest BCUT2D eigenvalue weighted by Crippen LogP contribution is 2.49. The van der Waals surface area contributed by atoms with Crippen molar-refractivity contribution in [1.82, 2.24) is 4.90 Å². The number of fused-ring (bicyclic) bond motifs is 1. The highest BCUT2D eigenvalue weighted by atomic mass is 19.2. The molecule has 1 heterocycles. The van der Waals surface area contributed by atoms with E-state index in [4.69, 9.17) is 4.74 Å². The van der Waals surface area contributed by atoms with Gasteiger partial charge in [-0.2, -0.15) is 0 Å². The quantitative estimate of drug-likeness (QED) is 0.784. The van der Waals surface area contributed by atoms with Gasteiger partial charge in [0.1, 0.15) is 5.75 Å². The lowest BCUT2D eigenvalue weighted by molar-refractivity contribution is 0.127. The molecule has 25 heavy (non-hydrogen) atoms. The topological polar surface area (TPSA) is 12.5 Å². The fourth-order valence-electron chi connectivity index (χ4n) is 4.52. The maximum Gasteiger partial charge on any atom is 0.162 e. The van der Waals surface area contributed by atoms with Crippen molar-refractivity contribution in [2.24, 2.45) is 11.3 Å². The second-order valence-electron chi connectivity index (χ2n) is 7.47. The minimum Gasteiger partial charge on any atom is -0.493 e. The van der Waals surface area contributed by atoms with E-state index in [0.717, 1.165) is 38.2 Å². The molecule has 0 aromatic heterocycles. The van der Waals surface area contributed by atoms with E-state index < -0.39 is 11.6 Å². The molecule has 4 rings (SSSR count). The molecule has 0 N–H and O–H groups in total. The molecule has 2 nitrogen and oxygen atoms in total. The van der Waals surface area contributed by atoms with Gasteiger partial charge in [-0.25, -0.2) is 8.78 Å². The smallest absolute Gasteiger partial charge is 0.162 e. The maximum atomic E-state index is 13.4. The van der Waals surface area contributed by atoms with Crippen LogP contribution in [-0.2, 0) is 6.54 Å². The first-order chi connectivity index (χ1) is 12.1. The molecule has 2 fully saturated rings. The second kappa shape index (κ2) is 6.75. The standard InChI is InChI=1S/C21H23F2NO/c22-19-9-8-18(11-20(19)23)25-15-21-10-4-7-17(21)13-24(14-21)12-16-5-2-1-3-6-16/h1-3,5-6,8-9,11,17H,4,7,10,12-15H2. The highest BCUT2D eigenvalue weighted by Gasteiger charge is 2.49. The van der Waals surface area contributed by atoms with Gasteiger partial charge >= 0.3 is 0 Å². The van der Waals surface area contributed by atoms with Crippen LogP contribution in [0.15, 0.2) is 48.5 Å². The molecular formula is C21H23F2NO. The number of hydrogen-bond acceptors (Lipinski definition) is 2. The Balaban J connectivity index is 1.43. The van der Waals surface area contributed by atoms with Crippen molar-refractivity contribution in [1.29, 1.82) is 0 Å². The molecule has 2 unspecified atom stereocenters. The van der Waals surface area contributed by atoms with Gasteiger partial charge in [-0.05, 0) is 36.5 Å². The number of rotatable bonds is 5. The minimum absolute atomic E-state index is 0.139. The monoisotopic (exact) mass is 343 g/mol. The molecule has 0 spiro atoms. The number of likely N-dealkylation sites (tertiary alicyclic amines) is 1. The van der Waals surface area contributed by atoms with Crippen molar-refractivity contribution in [3.8, 4) is 5.75 Å². The average Bonchev–Trinajstić information content (AvgIpc) is 3.14. The lowest BCUT2D eigenvalue weighted by atomic mass is 9.81. The lowest BCUT2D eigenvalue weighted by Crippen LogP contribution is -2.33. The fourth-order valence-corrected chi connectivity index (χ4v) is 4.52. The Labute approximate surface area is 147 Å². The Hall–Kier alpha value is -1.94. The predicted molar refractivity (Wildman–Crippen MR) is 93.3 cm³/mol. The molecule has 1 saturated heterocycles. The van der Waals surface area contributed by atoms with E-state index in [2.05, 4.69) is 29.2 Å². The molecule has 4 heteroatoms. The number of halogens is 2. The van der Waals surface area contributed by atoms with E-state index >= 15 is 0 Å². The van der Waals surface area contributed by atoms with Crippen LogP contribution in [0.3, 0.4) is 0 Å². The van der Waals surface area contributed by atoms with Gasteiger partial charge in [0.05, 0.1) is 6.61 Å². The van der Waals surface area contributed by atoms with E-state index in [-0.39, 0.29) is 5.41 Å². The SMILES string of the molecule is Fc1ccc(OCC23CCCC2CN(Cc2ccccc2)C3)cc1F. The maximum absolute atomic E-state index is 13.4. The summed E-state index contributed by atoms with van der Waals surface area (Å²) >= 11 is 0. The largest absolute Gasteiger partial charge is 0.493 e. The minimum atomic E-state index is -0.852. The van der Waals surface area contributed by atoms with Crippen LogP contribution in [0.4, 0.5) is 8.78 Å². The summed E-state index contributed by atoms with van der Waals surface area (Å²) in [4.78, 5) is 2.51. The molecule has 1 aliphatic heterocycles. The van der Waals surface area contributed by atoms with Crippen LogP contribution in [0.2, 0.25) is 0 Å². The third-order valence-electron chi connectivity index (χ3n) is 5.78. The summed E-state index contributed by atoms with van der Waals surface area (Å²) in [6.45, 7) is 3.64. The second-order valence-corrected chi connectivity index (χ2v) is 7.47. The summed E-state index contributed by atoms with van der Waals surface area (Å²) in [5.41, 5.74) is 1.47. The summed E-state index contributed by atoms with van der Waals surface area (Å²) < 4.78 is 32.4. The van der Waals surface area contributed by atoms with Gasteiger partial charge in [0.25, 0.3) is 0 Å². The Bertz CT molecular complexity index is 736. The zero-order chi connectivity index (χ0) is 17.3. The molecule has 0 radical (unpaired) electrons. The summed E-state index contributed by atoms with van der Waals surface area (Å²) in [5.74, 6) is -0.642. The zero-order valence-electron chi connectivity index (χ0n) is 14.3. The number of ether oxygens (including phenoxy) is 1. The van der Waals surface area contributed by atoms with Gasteiger partial charge in [-0.15, -0.1) is 0 Å². The Kier molecular flexibility index (Phi) is 4.46. The van der Waals surface area contributed by atoms with E-state index in [1.54, 1.807) is 0 Å². The van der Waals surface area contributed by atoms with Gasteiger partial charge in [-0.3, -0.25) is 4.90 Å². The molecule has 132 valence electrons. The van der Waals surface area contributed by atoms with Gasteiger partial charge in [0.15, 0.2) is 11.6 Å². The molecule has 0 amide bonds. The number of nitrogens with zero attached hydrogens (tertiary/aromatic N) is 1. The first-order valence-corrected chi connectivity index (χ1v) is 8.99. The summed E-state index contributed by atoms with van der Waals surface area (Å²) in [5, 5.41) is 0. The van der Waals surface area contributed by atoms with E-state index in [1.807, 2.05) is 6.07 Å². The molecule has 2 aromatic carbocycles. The molecule has 1 aliphatic carbocycles. The van der Waals surface area contributed by atoms with Crippen molar-refractivity contribution in [2.75, 3.05) is 19.7 Å². The first-order valence-electron chi connectivity index (χ1n) is 8.99.